The molecule has 0 spiro atoms. The van der Waals surface area contributed by atoms with E-state index in [-0.39, 0.29) is 10.6 Å². The van der Waals surface area contributed by atoms with E-state index in [1.807, 2.05) is 6.92 Å². The Morgan fingerprint density at radius 3 is 2.76 bits per heavy atom. The number of aromatic amines is 1. The van der Waals surface area contributed by atoms with Crippen LogP contribution in [-0.2, 0) is 16.4 Å². The molecule has 0 radical (unpaired) electrons. The van der Waals surface area contributed by atoms with Crippen molar-refractivity contribution >= 4 is 15.7 Å². The molecule has 21 heavy (non-hydrogen) atoms. The van der Waals surface area contributed by atoms with Crippen molar-refractivity contribution in [3.05, 3.63) is 41.5 Å². The number of aryl methyl sites for hydroxylation is 2. The van der Waals surface area contributed by atoms with Crippen LogP contribution in [0, 0.1) is 12.7 Å². The lowest BCUT2D eigenvalue weighted by Crippen LogP contribution is -2.13. The number of anilines is 1. The summed E-state index contributed by atoms with van der Waals surface area (Å²) >= 11 is 0. The molecule has 0 aliphatic rings. The summed E-state index contributed by atoms with van der Waals surface area (Å²) in [7, 11) is -3.88. The van der Waals surface area contributed by atoms with E-state index in [0.29, 0.717) is 6.54 Å². The van der Waals surface area contributed by atoms with Crippen LogP contribution in [-0.4, -0.2) is 25.2 Å². The molecule has 0 saturated heterocycles. The summed E-state index contributed by atoms with van der Waals surface area (Å²) < 4.78 is 36.0. The average molecular weight is 312 g/mol. The summed E-state index contributed by atoms with van der Waals surface area (Å²) in [5, 5.41) is 14.7. The van der Waals surface area contributed by atoms with E-state index in [4.69, 9.17) is 5.14 Å². The molecule has 1 aromatic heterocycles. The van der Waals surface area contributed by atoms with Gasteiger partial charge in [-0.3, -0.25) is 5.10 Å². The fourth-order valence-electron chi connectivity index (χ4n) is 1.95. The number of sulfonamides is 1. The van der Waals surface area contributed by atoms with E-state index in [0.717, 1.165) is 30.2 Å². The number of aromatic nitrogens is 2. The van der Waals surface area contributed by atoms with Gasteiger partial charge < -0.3 is 5.32 Å². The molecule has 0 unspecified atom stereocenters. The van der Waals surface area contributed by atoms with Crippen LogP contribution in [0.3, 0.4) is 0 Å². The number of H-pyrrole nitrogens is 1. The fourth-order valence-corrected chi connectivity index (χ4v) is 2.47. The van der Waals surface area contributed by atoms with Crippen LogP contribution in [0.2, 0.25) is 0 Å². The lowest BCUT2D eigenvalue weighted by Gasteiger charge is -2.08. The largest absolute Gasteiger partial charge is 0.383 e. The van der Waals surface area contributed by atoms with E-state index in [1.54, 1.807) is 6.20 Å². The quantitative estimate of drug-likeness (QED) is 0.704. The van der Waals surface area contributed by atoms with Gasteiger partial charge in [-0.15, -0.1) is 0 Å². The second kappa shape index (κ2) is 6.23. The van der Waals surface area contributed by atoms with Crippen LogP contribution in [0.1, 0.15) is 17.7 Å². The van der Waals surface area contributed by atoms with Gasteiger partial charge in [0.25, 0.3) is 0 Å². The second-order valence-electron chi connectivity index (χ2n) is 4.74. The zero-order valence-electron chi connectivity index (χ0n) is 11.6. The Labute approximate surface area is 122 Å². The maximum atomic E-state index is 13.7. The molecular weight excluding hydrogens is 295 g/mol. The van der Waals surface area contributed by atoms with Crippen LogP contribution >= 0.6 is 0 Å². The molecule has 1 heterocycles. The average Bonchev–Trinajstić information content (AvgIpc) is 2.80. The first-order chi connectivity index (χ1) is 9.88. The maximum absolute atomic E-state index is 13.7. The molecule has 2 aromatic rings. The highest BCUT2D eigenvalue weighted by Gasteiger charge is 2.11. The smallest absolute Gasteiger partial charge is 0.238 e. The molecular formula is C13H17FN4O2S. The van der Waals surface area contributed by atoms with E-state index in [2.05, 4.69) is 15.5 Å². The third kappa shape index (κ3) is 4.02. The normalized spacial score (nSPS) is 11.6. The van der Waals surface area contributed by atoms with Crippen molar-refractivity contribution in [3.8, 4) is 0 Å². The van der Waals surface area contributed by atoms with Crippen LogP contribution in [0.5, 0.6) is 0 Å². The van der Waals surface area contributed by atoms with Crippen LogP contribution in [0.4, 0.5) is 10.1 Å². The molecule has 6 nitrogen and oxygen atoms in total. The number of primary sulfonamides is 1. The first-order valence-corrected chi connectivity index (χ1v) is 7.97. The van der Waals surface area contributed by atoms with E-state index < -0.39 is 15.8 Å². The fraction of sp³-hybridized carbons (Fsp3) is 0.308. The van der Waals surface area contributed by atoms with Gasteiger partial charge in [0.15, 0.2) is 0 Å². The minimum Gasteiger partial charge on any atom is -0.383 e. The Morgan fingerprint density at radius 2 is 2.19 bits per heavy atom. The molecule has 2 rings (SSSR count). The number of benzene rings is 1. The van der Waals surface area contributed by atoms with Crippen molar-refractivity contribution in [2.24, 2.45) is 5.14 Å². The van der Waals surface area contributed by atoms with Gasteiger partial charge in [0.05, 0.1) is 16.8 Å². The molecule has 0 aliphatic heterocycles. The van der Waals surface area contributed by atoms with Gasteiger partial charge in [0.2, 0.25) is 10.0 Å². The van der Waals surface area contributed by atoms with Crippen molar-refractivity contribution in [1.29, 1.82) is 0 Å². The summed E-state index contributed by atoms with van der Waals surface area (Å²) in [5.74, 6) is -0.638. The Kier molecular flexibility index (Phi) is 4.59. The van der Waals surface area contributed by atoms with Gasteiger partial charge in [-0.25, -0.2) is 17.9 Å². The molecule has 4 N–H and O–H groups in total. The Bertz CT molecular complexity index is 728. The summed E-state index contributed by atoms with van der Waals surface area (Å²) in [4.78, 5) is -0.237. The van der Waals surface area contributed by atoms with Gasteiger partial charge in [0, 0.05) is 12.2 Å². The van der Waals surface area contributed by atoms with Crippen LogP contribution in [0.15, 0.2) is 29.3 Å². The van der Waals surface area contributed by atoms with Crippen molar-refractivity contribution in [1.82, 2.24) is 10.2 Å². The first-order valence-electron chi connectivity index (χ1n) is 6.43. The SMILES string of the molecule is Cc1[nH]ncc1CCCNc1ccc(S(N)(=O)=O)cc1F. The lowest BCUT2D eigenvalue weighted by atomic mass is 10.1. The summed E-state index contributed by atoms with van der Waals surface area (Å²) in [5.41, 5.74) is 2.41. The van der Waals surface area contributed by atoms with Crippen molar-refractivity contribution in [3.63, 3.8) is 0 Å². The highest BCUT2D eigenvalue weighted by Crippen LogP contribution is 2.18. The zero-order chi connectivity index (χ0) is 15.5. The molecule has 0 bridgehead atoms. The predicted octanol–water partition coefficient (Wildman–Crippen LogP) is 1.55. The number of rotatable bonds is 6. The van der Waals surface area contributed by atoms with Gasteiger partial charge in [0.1, 0.15) is 5.82 Å². The predicted molar refractivity (Wildman–Crippen MR) is 77.9 cm³/mol. The number of halogens is 1. The monoisotopic (exact) mass is 312 g/mol. The first kappa shape index (κ1) is 15.5. The number of hydrogen-bond donors (Lipinski definition) is 3. The Hall–Kier alpha value is -1.93. The molecule has 1 aromatic carbocycles. The standard InChI is InChI=1S/C13H17FN4O2S/c1-9-10(8-17-18-9)3-2-6-16-13-5-4-11(7-12(13)14)21(15,19)20/h4-5,7-8,16H,2-3,6H2,1H3,(H,17,18)(H2,15,19,20). The number of nitrogens with one attached hydrogen (secondary N) is 2. The van der Waals surface area contributed by atoms with Gasteiger partial charge in [-0.1, -0.05) is 0 Å². The molecule has 0 saturated carbocycles. The summed E-state index contributed by atoms with van der Waals surface area (Å²) in [6.07, 6.45) is 3.40. The number of nitrogens with zero attached hydrogens (tertiary/aromatic N) is 1. The third-order valence-corrected chi connectivity index (χ3v) is 4.05. The van der Waals surface area contributed by atoms with Gasteiger partial charge in [-0.05, 0) is 43.5 Å². The molecule has 0 aliphatic carbocycles. The molecule has 0 fully saturated rings. The lowest BCUT2D eigenvalue weighted by molar-refractivity contribution is 0.592. The van der Waals surface area contributed by atoms with Crippen LogP contribution < -0.4 is 10.5 Å². The number of nitrogens with two attached hydrogens (primary N) is 1. The van der Waals surface area contributed by atoms with Crippen LogP contribution in [0.25, 0.3) is 0 Å². The van der Waals surface area contributed by atoms with E-state index in [1.165, 1.54) is 12.1 Å². The van der Waals surface area contributed by atoms with Crippen molar-refractivity contribution < 1.29 is 12.8 Å². The van der Waals surface area contributed by atoms with E-state index >= 15 is 0 Å². The minimum atomic E-state index is -3.88. The van der Waals surface area contributed by atoms with E-state index in [9.17, 15) is 12.8 Å². The van der Waals surface area contributed by atoms with Gasteiger partial charge >= 0.3 is 0 Å². The van der Waals surface area contributed by atoms with Crippen molar-refractivity contribution in [2.75, 3.05) is 11.9 Å². The maximum Gasteiger partial charge on any atom is 0.238 e. The van der Waals surface area contributed by atoms with Gasteiger partial charge in [-0.2, -0.15) is 5.10 Å². The molecule has 0 atom stereocenters. The van der Waals surface area contributed by atoms with Crippen molar-refractivity contribution in [2.45, 2.75) is 24.7 Å². The topological polar surface area (TPSA) is 101 Å². The molecule has 114 valence electrons. The molecule has 0 amide bonds. The second-order valence-corrected chi connectivity index (χ2v) is 6.30. The summed E-state index contributed by atoms with van der Waals surface area (Å²) in [6.45, 7) is 2.51. The zero-order valence-corrected chi connectivity index (χ0v) is 12.4. The Balaban J connectivity index is 1.91. The number of hydrogen-bond acceptors (Lipinski definition) is 4. The third-order valence-electron chi connectivity index (χ3n) is 3.14. The summed E-state index contributed by atoms with van der Waals surface area (Å²) in [6, 6.07) is 3.57. The Morgan fingerprint density at radius 1 is 1.43 bits per heavy atom. The molecule has 8 heteroatoms. The minimum absolute atomic E-state index is 0.237. The highest BCUT2D eigenvalue weighted by molar-refractivity contribution is 7.89. The highest BCUT2D eigenvalue weighted by atomic mass is 32.2.